The molecule has 0 aliphatic rings. The van der Waals surface area contributed by atoms with E-state index in [0.29, 0.717) is 25.0 Å². The number of carboxylic acid groups (broad SMARTS) is 1. The van der Waals surface area contributed by atoms with Crippen LogP contribution in [0.4, 0.5) is 4.79 Å². The number of carbonyl (C=O) groups excluding carboxylic acids is 2. The van der Waals surface area contributed by atoms with Gasteiger partial charge in [0.2, 0.25) is 5.91 Å². The summed E-state index contributed by atoms with van der Waals surface area (Å²) in [5.74, 6) is -1.36. The van der Waals surface area contributed by atoms with E-state index < -0.39 is 18.1 Å². The molecule has 1 aromatic rings. The number of carbonyl (C=O) groups is 3. The summed E-state index contributed by atoms with van der Waals surface area (Å²) in [6, 6.07) is 8.48. The number of nitrogens with one attached hydrogen (secondary N) is 2. The van der Waals surface area contributed by atoms with Crippen LogP contribution in [0.1, 0.15) is 44.6 Å². The zero-order chi connectivity index (χ0) is 20.1. The summed E-state index contributed by atoms with van der Waals surface area (Å²) in [7, 11) is 0. The Morgan fingerprint density at radius 3 is 2.48 bits per heavy atom. The topological polar surface area (TPSA) is 105 Å². The third kappa shape index (κ3) is 10.7. The standard InChI is InChI=1S/C20H28N2O5/c1-15(2)13-17(19(24)25)22-18(23)11-7-4-8-12-21-20(26)27-14-16-9-5-3-6-10-16/h3,5-6,9-10,17H,1,4,7-8,11-14H2,2H3,(H,21,26)(H,22,23)(H,24,25)/t17-/m1/s1. The Bertz CT molecular complexity index is 631. The molecule has 7 nitrogen and oxygen atoms in total. The van der Waals surface area contributed by atoms with Gasteiger partial charge in [0.1, 0.15) is 12.6 Å². The van der Waals surface area contributed by atoms with Gasteiger partial charge in [0.25, 0.3) is 0 Å². The first-order valence-electron chi connectivity index (χ1n) is 8.99. The molecule has 0 radical (unpaired) electrons. The lowest BCUT2D eigenvalue weighted by atomic mass is 10.1. The molecule has 0 aliphatic heterocycles. The molecule has 0 spiro atoms. The lowest BCUT2D eigenvalue weighted by molar-refractivity contribution is -0.141. The maximum atomic E-state index is 11.8. The molecule has 27 heavy (non-hydrogen) atoms. The van der Waals surface area contributed by atoms with E-state index in [1.54, 1.807) is 6.92 Å². The molecular formula is C20H28N2O5. The van der Waals surface area contributed by atoms with Crippen molar-refractivity contribution in [1.82, 2.24) is 10.6 Å². The molecule has 1 rings (SSSR count). The molecule has 7 heteroatoms. The van der Waals surface area contributed by atoms with Gasteiger partial charge in [-0.25, -0.2) is 9.59 Å². The monoisotopic (exact) mass is 376 g/mol. The van der Waals surface area contributed by atoms with Crippen molar-refractivity contribution in [2.24, 2.45) is 0 Å². The zero-order valence-electron chi connectivity index (χ0n) is 15.7. The summed E-state index contributed by atoms with van der Waals surface area (Å²) in [6.07, 6.45) is 2.06. The smallest absolute Gasteiger partial charge is 0.407 e. The van der Waals surface area contributed by atoms with Crippen LogP contribution >= 0.6 is 0 Å². The molecule has 1 atom stereocenters. The van der Waals surface area contributed by atoms with Gasteiger partial charge in [-0.2, -0.15) is 0 Å². The van der Waals surface area contributed by atoms with Gasteiger partial charge in [-0.3, -0.25) is 4.79 Å². The Kier molecular flexibility index (Phi) is 10.3. The molecule has 0 saturated carbocycles. The van der Waals surface area contributed by atoms with Crippen molar-refractivity contribution in [2.45, 2.75) is 51.7 Å². The summed E-state index contributed by atoms with van der Waals surface area (Å²) >= 11 is 0. The number of aliphatic carboxylic acids is 1. The van der Waals surface area contributed by atoms with E-state index in [-0.39, 0.29) is 25.4 Å². The molecular weight excluding hydrogens is 348 g/mol. The van der Waals surface area contributed by atoms with Gasteiger partial charge in [-0.05, 0) is 31.7 Å². The number of amides is 2. The highest BCUT2D eigenvalue weighted by molar-refractivity contribution is 5.83. The van der Waals surface area contributed by atoms with E-state index in [1.807, 2.05) is 30.3 Å². The van der Waals surface area contributed by atoms with E-state index in [4.69, 9.17) is 9.84 Å². The van der Waals surface area contributed by atoms with Crippen LogP contribution in [0.2, 0.25) is 0 Å². The molecule has 1 aromatic carbocycles. The number of hydrogen-bond acceptors (Lipinski definition) is 4. The molecule has 0 aliphatic carbocycles. The highest BCUT2D eigenvalue weighted by Gasteiger charge is 2.19. The first-order chi connectivity index (χ1) is 12.9. The average molecular weight is 376 g/mol. The molecule has 0 fully saturated rings. The van der Waals surface area contributed by atoms with Gasteiger partial charge in [0.15, 0.2) is 0 Å². The molecule has 2 amide bonds. The van der Waals surface area contributed by atoms with E-state index in [0.717, 1.165) is 12.0 Å². The molecule has 3 N–H and O–H groups in total. The van der Waals surface area contributed by atoms with Gasteiger partial charge >= 0.3 is 12.1 Å². The first-order valence-corrected chi connectivity index (χ1v) is 8.99. The number of rotatable bonds is 12. The van der Waals surface area contributed by atoms with Gasteiger partial charge in [-0.15, -0.1) is 6.58 Å². The maximum absolute atomic E-state index is 11.8. The quantitative estimate of drug-likeness (QED) is 0.384. The van der Waals surface area contributed by atoms with Gasteiger partial charge < -0.3 is 20.5 Å². The SMILES string of the molecule is C=C(C)C[C@@H](NC(=O)CCCCCNC(=O)OCc1ccccc1)C(=O)O. The fourth-order valence-electron chi connectivity index (χ4n) is 2.37. The van der Waals surface area contributed by atoms with Crippen molar-refractivity contribution in [2.75, 3.05) is 6.54 Å². The lowest BCUT2D eigenvalue weighted by Crippen LogP contribution is -2.40. The predicted octanol–water partition coefficient (Wildman–Crippen LogP) is 3.01. The molecule has 0 unspecified atom stereocenters. The minimum Gasteiger partial charge on any atom is -0.480 e. The van der Waals surface area contributed by atoms with E-state index in [9.17, 15) is 14.4 Å². The fraction of sp³-hybridized carbons (Fsp3) is 0.450. The minimum absolute atomic E-state index is 0.218. The molecule has 0 aromatic heterocycles. The predicted molar refractivity (Wildman–Crippen MR) is 102 cm³/mol. The van der Waals surface area contributed by atoms with Crippen molar-refractivity contribution < 1.29 is 24.2 Å². The largest absolute Gasteiger partial charge is 0.480 e. The Morgan fingerprint density at radius 1 is 1.15 bits per heavy atom. The molecule has 0 bridgehead atoms. The van der Waals surface area contributed by atoms with Crippen LogP contribution in [0.25, 0.3) is 0 Å². The van der Waals surface area contributed by atoms with Crippen LogP contribution < -0.4 is 10.6 Å². The highest BCUT2D eigenvalue weighted by Crippen LogP contribution is 2.05. The van der Waals surface area contributed by atoms with Crippen LogP contribution in [0.3, 0.4) is 0 Å². The second kappa shape index (κ2) is 12.5. The Labute approximate surface area is 159 Å². The minimum atomic E-state index is -1.07. The first kappa shape index (κ1) is 22.2. The van der Waals surface area contributed by atoms with Gasteiger partial charge in [-0.1, -0.05) is 42.3 Å². The van der Waals surface area contributed by atoms with Crippen LogP contribution in [-0.2, 0) is 20.9 Å². The van der Waals surface area contributed by atoms with Crippen molar-refractivity contribution in [3.8, 4) is 0 Å². The van der Waals surface area contributed by atoms with E-state index in [2.05, 4.69) is 17.2 Å². The van der Waals surface area contributed by atoms with Crippen molar-refractivity contribution in [3.63, 3.8) is 0 Å². The van der Waals surface area contributed by atoms with Crippen LogP contribution in [-0.4, -0.2) is 35.7 Å². The van der Waals surface area contributed by atoms with Crippen LogP contribution in [0.5, 0.6) is 0 Å². The van der Waals surface area contributed by atoms with E-state index in [1.165, 1.54) is 0 Å². The Hall–Kier alpha value is -2.83. The van der Waals surface area contributed by atoms with Crippen molar-refractivity contribution in [3.05, 3.63) is 48.0 Å². The fourth-order valence-corrected chi connectivity index (χ4v) is 2.37. The zero-order valence-corrected chi connectivity index (χ0v) is 15.7. The third-order valence-electron chi connectivity index (χ3n) is 3.75. The van der Waals surface area contributed by atoms with E-state index >= 15 is 0 Å². The Balaban J connectivity index is 2.08. The lowest BCUT2D eigenvalue weighted by Gasteiger charge is -2.14. The second-order valence-corrected chi connectivity index (χ2v) is 6.42. The average Bonchev–Trinajstić information content (AvgIpc) is 2.62. The summed E-state index contributed by atoms with van der Waals surface area (Å²) in [4.78, 5) is 34.5. The van der Waals surface area contributed by atoms with Gasteiger partial charge in [0, 0.05) is 13.0 Å². The number of unbranched alkanes of at least 4 members (excludes halogenated alkanes) is 2. The number of ether oxygens (including phenoxy) is 1. The summed E-state index contributed by atoms with van der Waals surface area (Å²) < 4.78 is 5.09. The summed E-state index contributed by atoms with van der Waals surface area (Å²) in [5, 5.41) is 14.2. The second-order valence-electron chi connectivity index (χ2n) is 6.42. The molecule has 0 saturated heterocycles. The van der Waals surface area contributed by atoms with Gasteiger partial charge in [0.05, 0.1) is 0 Å². The number of hydrogen-bond donors (Lipinski definition) is 3. The van der Waals surface area contributed by atoms with Crippen LogP contribution in [0, 0.1) is 0 Å². The maximum Gasteiger partial charge on any atom is 0.407 e. The molecule has 0 heterocycles. The summed E-state index contributed by atoms with van der Waals surface area (Å²) in [6.45, 7) is 6.07. The normalized spacial score (nSPS) is 11.3. The Morgan fingerprint density at radius 2 is 1.85 bits per heavy atom. The highest BCUT2D eigenvalue weighted by atomic mass is 16.5. The molecule has 148 valence electrons. The summed E-state index contributed by atoms with van der Waals surface area (Å²) in [5.41, 5.74) is 1.62. The number of benzene rings is 1. The third-order valence-corrected chi connectivity index (χ3v) is 3.75. The number of carboxylic acids is 1. The van der Waals surface area contributed by atoms with Crippen LogP contribution in [0.15, 0.2) is 42.5 Å². The van der Waals surface area contributed by atoms with Crippen molar-refractivity contribution in [1.29, 1.82) is 0 Å². The van der Waals surface area contributed by atoms with Crippen molar-refractivity contribution >= 4 is 18.0 Å². The number of alkyl carbamates (subject to hydrolysis) is 1.